The fourth-order valence-electron chi connectivity index (χ4n) is 3.37. The number of ketones is 1. The van der Waals surface area contributed by atoms with Crippen LogP contribution in [-0.2, 0) is 14.4 Å². The Morgan fingerprint density at radius 2 is 2.00 bits per heavy atom. The van der Waals surface area contributed by atoms with Gasteiger partial charge in [0, 0.05) is 17.5 Å². The molecule has 7 heteroatoms. The molecule has 3 rings (SSSR count). The van der Waals surface area contributed by atoms with Gasteiger partial charge in [0.1, 0.15) is 5.70 Å². The molecule has 3 atom stereocenters. The number of nitrogens with two attached hydrogens (primary N) is 1. The van der Waals surface area contributed by atoms with E-state index >= 15 is 0 Å². The molecule has 2 aliphatic heterocycles. The Hall–Kier alpha value is -2.18. The number of halogens is 1. The molecule has 2 aliphatic rings. The summed E-state index contributed by atoms with van der Waals surface area (Å²) in [5, 5.41) is 9.41. The van der Waals surface area contributed by atoms with Crippen LogP contribution in [0.4, 0.5) is 0 Å². The topological polar surface area (TPSA) is 101 Å². The Labute approximate surface area is 143 Å². The number of carbonyl (C=O) groups is 3. The number of carboxylic acids is 1. The number of rotatable bonds is 5. The van der Waals surface area contributed by atoms with Crippen LogP contribution in [0.2, 0.25) is 0 Å². The second kappa shape index (κ2) is 6.37. The molecule has 1 amide bonds. The second-order valence-electron chi connectivity index (χ2n) is 6.04. The summed E-state index contributed by atoms with van der Waals surface area (Å²) in [6.45, 7) is 0. The first kappa shape index (κ1) is 16.7. The SMILES string of the molecule is N[C@H](C(=O)C[C@@H]1C(=O)N2C(C(=O)O)=C(Cl)CC[C@H]12)c1ccccc1. The number of fused-ring (bicyclic) bond motifs is 1. The summed E-state index contributed by atoms with van der Waals surface area (Å²) in [5.74, 6) is -2.34. The Balaban J connectivity index is 1.71. The molecule has 126 valence electrons. The lowest BCUT2D eigenvalue weighted by Crippen LogP contribution is -2.63. The van der Waals surface area contributed by atoms with Crippen molar-refractivity contribution in [3.63, 3.8) is 0 Å². The van der Waals surface area contributed by atoms with Gasteiger partial charge >= 0.3 is 5.97 Å². The minimum absolute atomic E-state index is 0.0145. The average Bonchev–Trinajstić information content (AvgIpc) is 2.59. The van der Waals surface area contributed by atoms with Crippen molar-refractivity contribution in [2.24, 2.45) is 11.7 Å². The fourth-order valence-corrected chi connectivity index (χ4v) is 3.65. The molecule has 0 radical (unpaired) electrons. The van der Waals surface area contributed by atoms with E-state index in [1.165, 1.54) is 4.90 Å². The average molecular weight is 349 g/mol. The van der Waals surface area contributed by atoms with Crippen LogP contribution in [0, 0.1) is 5.92 Å². The summed E-state index contributed by atoms with van der Waals surface area (Å²) < 4.78 is 0. The first-order chi connectivity index (χ1) is 11.4. The molecule has 0 saturated carbocycles. The number of β-lactam (4-membered cyclic amide) rings is 1. The molecule has 3 N–H and O–H groups in total. The highest BCUT2D eigenvalue weighted by Gasteiger charge is 2.53. The zero-order valence-electron chi connectivity index (χ0n) is 12.8. The third kappa shape index (κ3) is 2.72. The molecule has 1 aromatic carbocycles. The van der Waals surface area contributed by atoms with E-state index in [4.69, 9.17) is 17.3 Å². The maximum atomic E-state index is 12.4. The predicted molar refractivity (Wildman–Crippen MR) is 86.9 cm³/mol. The lowest BCUT2D eigenvalue weighted by atomic mass is 9.77. The molecule has 0 aliphatic carbocycles. The van der Waals surface area contributed by atoms with Crippen LogP contribution in [0.25, 0.3) is 0 Å². The molecule has 1 aromatic rings. The lowest BCUT2D eigenvalue weighted by Gasteiger charge is -2.49. The van der Waals surface area contributed by atoms with E-state index in [-0.39, 0.29) is 34.9 Å². The van der Waals surface area contributed by atoms with E-state index in [2.05, 4.69) is 0 Å². The van der Waals surface area contributed by atoms with E-state index in [1.807, 2.05) is 6.07 Å². The van der Waals surface area contributed by atoms with E-state index in [0.717, 1.165) is 0 Å². The van der Waals surface area contributed by atoms with Crippen molar-refractivity contribution < 1.29 is 19.5 Å². The number of benzene rings is 1. The minimum atomic E-state index is -1.22. The summed E-state index contributed by atoms with van der Waals surface area (Å²) in [6.07, 6.45) is 0.966. The quantitative estimate of drug-likeness (QED) is 0.790. The van der Waals surface area contributed by atoms with E-state index < -0.39 is 17.9 Å². The number of aliphatic carboxylic acids is 1. The van der Waals surface area contributed by atoms with Crippen LogP contribution in [0.5, 0.6) is 0 Å². The Morgan fingerprint density at radius 1 is 1.33 bits per heavy atom. The fraction of sp³-hybridized carbons (Fsp3) is 0.353. The Kier molecular flexibility index (Phi) is 4.43. The molecule has 0 spiro atoms. The molecule has 1 saturated heterocycles. The summed E-state index contributed by atoms with van der Waals surface area (Å²) in [7, 11) is 0. The van der Waals surface area contributed by atoms with Gasteiger partial charge in [0.05, 0.1) is 12.0 Å². The van der Waals surface area contributed by atoms with Crippen molar-refractivity contribution in [1.29, 1.82) is 0 Å². The molecule has 0 unspecified atom stereocenters. The number of carboxylic acid groups (broad SMARTS) is 1. The van der Waals surface area contributed by atoms with E-state index in [0.29, 0.717) is 18.4 Å². The minimum Gasteiger partial charge on any atom is -0.477 e. The first-order valence-electron chi connectivity index (χ1n) is 7.70. The highest BCUT2D eigenvalue weighted by molar-refractivity contribution is 6.32. The number of allylic oxidation sites excluding steroid dienone is 1. The van der Waals surface area contributed by atoms with Gasteiger partial charge in [-0.15, -0.1) is 0 Å². The zero-order valence-corrected chi connectivity index (χ0v) is 13.6. The first-order valence-corrected chi connectivity index (χ1v) is 8.08. The van der Waals surface area contributed by atoms with Crippen LogP contribution < -0.4 is 5.73 Å². The molecule has 0 aromatic heterocycles. The number of hydrogen-bond acceptors (Lipinski definition) is 4. The second-order valence-corrected chi connectivity index (χ2v) is 6.49. The molecular weight excluding hydrogens is 332 g/mol. The molecule has 1 fully saturated rings. The summed E-state index contributed by atoms with van der Waals surface area (Å²) >= 11 is 5.94. The maximum Gasteiger partial charge on any atom is 0.353 e. The van der Waals surface area contributed by atoms with Gasteiger partial charge < -0.3 is 15.7 Å². The summed E-state index contributed by atoms with van der Waals surface area (Å²) in [4.78, 5) is 37.2. The van der Waals surface area contributed by atoms with Crippen molar-refractivity contribution in [1.82, 2.24) is 4.90 Å². The molecule has 6 nitrogen and oxygen atoms in total. The van der Waals surface area contributed by atoms with Crippen molar-refractivity contribution in [2.45, 2.75) is 31.3 Å². The highest BCUT2D eigenvalue weighted by Crippen LogP contribution is 2.43. The monoisotopic (exact) mass is 348 g/mol. The molecule has 2 heterocycles. The van der Waals surface area contributed by atoms with Gasteiger partial charge in [0.2, 0.25) is 5.91 Å². The summed E-state index contributed by atoms with van der Waals surface area (Å²) in [6, 6.07) is 7.89. The van der Waals surface area contributed by atoms with Crippen molar-refractivity contribution in [3.8, 4) is 0 Å². The lowest BCUT2D eigenvalue weighted by molar-refractivity contribution is -0.160. The van der Waals surface area contributed by atoms with Crippen LogP contribution in [0.1, 0.15) is 30.9 Å². The van der Waals surface area contributed by atoms with Gasteiger partial charge in [-0.1, -0.05) is 41.9 Å². The molecule has 24 heavy (non-hydrogen) atoms. The highest BCUT2D eigenvalue weighted by atomic mass is 35.5. The van der Waals surface area contributed by atoms with Gasteiger partial charge in [-0.2, -0.15) is 0 Å². The van der Waals surface area contributed by atoms with Gasteiger partial charge in [0.25, 0.3) is 0 Å². The van der Waals surface area contributed by atoms with Gasteiger partial charge in [-0.3, -0.25) is 9.59 Å². The number of hydrogen-bond donors (Lipinski definition) is 2. The van der Waals surface area contributed by atoms with Crippen LogP contribution in [0.3, 0.4) is 0 Å². The third-order valence-electron chi connectivity index (χ3n) is 4.64. The van der Waals surface area contributed by atoms with Crippen LogP contribution in [-0.4, -0.2) is 33.7 Å². The van der Waals surface area contributed by atoms with Gasteiger partial charge in [-0.25, -0.2) is 4.79 Å². The van der Waals surface area contributed by atoms with Gasteiger partial charge in [-0.05, 0) is 18.4 Å². The van der Waals surface area contributed by atoms with Crippen molar-refractivity contribution in [2.75, 3.05) is 0 Å². The van der Waals surface area contributed by atoms with Gasteiger partial charge in [0.15, 0.2) is 5.78 Å². The predicted octanol–water partition coefficient (Wildman–Crippen LogP) is 1.80. The van der Waals surface area contributed by atoms with E-state index in [9.17, 15) is 19.5 Å². The van der Waals surface area contributed by atoms with E-state index in [1.54, 1.807) is 24.3 Å². The Morgan fingerprint density at radius 3 is 2.62 bits per heavy atom. The third-order valence-corrected chi connectivity index (χ3v) is 5.01. The summed E-state index contributed by atoms with van der Waals surface area (Å²) in [5.41, 5.74) is 6.52. The van der Waals surface area contributed by atoms with Crippen LogP contribution >= 0.6 is 11.6 Å². The normalized spacial score (nSPS) is 24.2. The van der Waals surface area contributed by atoms with Crippen molar-refractivity contribution >= 4 is 29.3 Å². The number of carbonyl (C=O) groups excluding carboxylic acids is 2. The molecular formula is C17H17ClN2O4. The largest absolute Gasteiger partial charge is 0.477 e. The number of Topliss-reactive ketones (excluding diaryl/α,β-unsaturated/α-hetero) is 1. The van der Waals surface area contributed by atoms with Crippen LogP contribution in [0.15, 0.2) is 41.1 Å². The number of amides is 1. The van der Waals surface area contributed by atoms with Crippen molar-refractivity contribution in [3.05, 3.63) is 46.6 Å². The molecule has 0 bridgehead atoms. The maximum absolute atomic E-state index is 12.4. The smallest absolute Gasteiger partial charge is 0.353 e. The number of nitrogens with zero attached hydrogens (tertiary/aromatic N) is 1. The zero-order chi connectivity index (χ0) is 17.4. The standard InChI is InChI=1S/C17H17ClN2O4/c18-11-6-7-12-10(16(22)20(12)15(11)17(23)24)8-13(21)14(19)9-4-2-1-3-5-9/h1-5,10,12,14H,6-8,19H2,(H,23,24)/t10-,12+,14-/m0/s1. The Bertz CT molecular complexity index is 731.